The average molecular weight is 341 g/mol. The fourth-order valence-electron chi connectivity index (χ4n) is 1.60. The Morgan fingerprint density at radius 1 is 1.32 bits per heavy atom. The average Bonchev–Trinajstić information content (AvgIpc) is 2.36. The number of halogens is 4. The van der Waals surface area contributed by atoms with Gasteiger partial charge in [-0.3, -0.25) is 4.79 Å². The highest BCUT2D eigenvalue weighted by Gasteiger charge is 2.34. The SMILES string of the molecule is O=Cc1ccc(C(O)C(O)CCBr)cc1C(F)(F)F. The lowest BCUT2D eigenvalue weighted by molar-refractivity contribution is -0.138. The van der Waals surface area contributed by atoms with Crippen LogP contribution in [0.1, 0.15) is 34.0 Å². The molecule has 0 aliphatic rings. The smallest absolute Gasteiger partial charge is 0.390 e. The molecule has 0 saturated heterocycles. The molecule has 0 heterocycles. The Morgan fingerprint density at radius 3 is 2.42 bits per heavy atom. The summed E-state index contributed by atoms with van der Waals surface area (Å²) in [4.78, 5) is 10.6. The van der Waals surface area contributed by atoms with Crippen LogP contribution in [0.25, 0.3) is 0 Å². The van der Waals surface area contributed by atoms with Crippen molar-refractivity contribution in [2.24, 2.45) is 0 Å². The minimum Gasteiger partial charge on any atom is -0.390 e. The summed E-state index contributed by atoms with van der Waals surface area (Å²) in [5.41, 5.74) is -1.70. The minimum absolute atomic E-state index is 0.0774. The molecule has 1 aromatic carbocycles. The van der Waals surface area contributed by atoms with Gasteiger partial charge in [-0.05, 0) is 18.1 Å². The van der Waals surface area contributed by atoms with Crippen molar-refractivity contribution in [3.8, 4) is 0 Å². The fourth-order valence-corrected chi connectivity index (χ4v) is 2.07. The van der Waals surface area contributed by atoms with E-state index in [0.717, 1.165) is 6.07 Å². The molecule has 2 atom stereocenters. The topological polar surface area (TPSA) is 57.5 Å². The van der Waals surface area contributed by atoms with E-state index in [1.165, 1.54) is 6.07 Å². The molecule has 2 N–H and O–H groups in total. The highest BCUT2D eigenvalue weighted by molar-refractivity contribution is 9.09. The molecule has 0 aliphatic carbocycles. The van der Waals surface area contributed by atoms with E-state index in [1.807, 2.05) is 0 Å². The zero-order valence-electron chi connectivity index (χ0n) is 9.69. The highest BCUT2D eigenvalue weighted by Crippen LogP contribution is 2.33. The lowest BCUT2D eigenvalue weighted by Gasteiger charge is -2.19. The highest BCUT2D eigenvalue weighted by atomic mass is 79.9. The summed E-state index contributed by atoms with van der Waals surface area (Å²) in [7, 11) is 0. The number of rotatable bonds is 5. The molecule has 3 nitrogen and oxygen atoms in total. The lowest BCUT2D eigenvalue weighted by atomic mass is 9.97. The van der Waals surface area contributed by atoms with Gasteiger partial charge in [0.15, 0.2) is 6.29 Å². The Balaban J connectivity index is 3.15. The number of aliphatic hydroxyl groups excluding tert-OH is 2. The summed E-state index contributed by atoms with van der Waals surface area (Å²) in [5, 5.41) is 19.7. The van der Waals surface area contributed by atoms with E-state index in [9.17, 15) is 28.2 Å². The Labute approximate surface area is 116 Å². The summed E-state index contributed by atoms with van der Waals surface area (Å²) in [6.45, 7) is 0. The van der Waals surface area contributed by atoms with E-state index >= 15 is 0 Å². The van der Waals surface area contributed by atoms with E-state index in [1.54, 1.807) is 0 Å². The zero-order chi connectivity index (χ0) is 14.6. The number of alkyl halides is 4. The van der Waals surface area contributed by atoms with Gasteiger partial charge in [-0.25, -0.2) is 0 Å². The first kappa shape index (κ1) is 16.1. The van der Waals surface area contributed by atoms with E-state index in [4.69, 9.17) is 0 Å². The molecule has 0 radical (unpaired) electrons. The zero-order valence-corrected chi connectivity index (χ0v) is 11.3. The van der Waals surface area contributed by atoms with Gasteiger partial charge < -0.3 is 10.2 Å². The van der Waals surface area contributed by atoms with Crippen LogP contribution in [0, 0.1) is 0 Å². The van der Waals surface area contributed by atoms with Crippen molar-refractivity contribution >= 4 is 22.2 Å². The first-order valence-electron chi connectivity index (χ1n) is 5.39. The van der Waals surface area contributed by atoms with Gasteiger partial charge in [0.2, 0.25) is 0 Å². The van der Waals surface area contributed by atoms with Crippen LogP contribution in [0.5, 0.6) is 0 Å². The molecule has 7 heteroatoms. The van der Waals surface area contributed by atoms with Gasteiger partial charge in [0.1, 0.15) is 6.10 Å². The number of carbonyl (C=O) groups is 1. The van der Waals surface area contributed by atoms with Gasteiger partial charge in [0, 0.05) is 10.9 Å². The third-order valence-corrected chi connectivity index (χ3v) is 3.08. The van der Waals surface area contributed by atoms with Gasteiger partial charge in [0.05, 0.1) is 11.7 Å². The maximum absolute atomic E-state index is 12.7. The second kappa shape index (κ2) is 6.49. The van der Waals surface area contributed by atoms with Crippen LogP contribution in [-0.4, -0.2) is 27.9 Å². The third kappa shape index (κ3) is 4.02. The van der Waals surface area contributed by atoms with Crippen molar-refractivity contribution in [2.45, 2.75) is 24.8 Å². The number of hydrogen-bond donors (Lipinski definition) is 2. The van der Waals surface area contributed by atoms with Crippen LogP contribution in [0.15, 0.2) is 18.2 Å². The molecule has 0 spiro atoms. The van der Waals surface area contributed by atoms with Crippen molar-refractivity contribution in [2.75, 3.05) is 5.33 Å². The van der Waals surface area contributed by atoms with Crippen LogP contribution in [0.2, 0.25) is 0 Å². The normalized spacial score (nSPS) is 15.1. The van der Waals surface area contributed by atoms with Crippen LogP contribution in [-0.2, 0) is 6.18 Å². The van der Waals surface area contributed by atoms with Crippen molar-refractivity contribution in [1.29, 1.82) is 0 Å². The van der Waals surface area contributed by atoms with Gasteiger partial charge in [-0.2, -0.15) is 13.2 Å². The van der Waals surface area contributed by atoms with Crippen molar-refractivity contribution in [3.05, 3.63) is 34.9 Å². The van der Waals surface area contributed by atoms with Crippen LogP contribution in [0.4, 0.5) is 13.2 Å². The Bertz CT molecular complexity index is 448. The van der Waals surface area contributed by atoms with Crippen LogP contribution < -0.4 is 0 Å². The predicted molar refractivity (Wildman–Crippen MR) is 66.2 cm³/mol. The first-order valence-corrected chi connectivity index (χ1v) is 6.51. The number of aliphatic hydroxyl groups is 2. The largest absolute Gasteiger partial charge is 0.417 e. The van der Waals surface area contributed by atoms with Crippen molar-refractivity contribution in [1.82, 2.24) is 0 Å². The molecular formula is C12H12BrF3O3. The van der Waals surface area contributed by atoms with Crippen LogP contribution >= 0.6 is 15.9 Å². The maximum atomic E-state index is 12.7. The van der Waals surface area contributed by atoms with Crippen LogP contribution in [0.3, 0.4) is 0 Å². The fraction of sp³-hybridized carbons (Fsp3) is 0.417. The second-order valence-electron chi connectivity index (χ2n) is 3.95. The van der Waals surface area contributed by atoms with Gasteiger partial charge in [0.25, 0.3) is 0 Å². The van der Waals surface area contributed by atoms with Gasteiger partial charge in [-0.1, -0.05) is 28.1 Å². The summed E-state index contributed by atoms with van der Waals surface area (Å²) in [5.74, 6) is 0. The second-order valence-corrected chi connectivity index (χ2v) is 4.75. The molecule has 1 aromatic rings. The van der Waals surface area contributed by atoms with E-state index in [2.05, 4.69) is 15.9 Å². The Hall–Kier alpha value is -0.920. The molecule has 2 unspecified atom stereocenters. The number of hydrogen-bond acceptors (Lipinski definition) is 3. The van der Waals surface area contributed by atoms with Crippen molar-refractivity contribution in [3.63, 3.8) is 0 Å². The molecule has 0 bridgehead atoms. The molecule has 1 rings (SSSR count). The quantitative estimate of drug-likeness (QED) is 0.640. The van der Waals surface area contributed by atoms with E-state index < -0.39 is 29.5 Å². The van der Waals surface area contributed by atoms with E-state index in [-0.39, 0.29) is 18.3 Å². The third-order valence-electron chi connectivity index (χ3n) is 2.62. The molecule has 0 aromatic heterocycles. The summed E-state index contributed by atoms with van der Waals surface area (Å²) in [6, 6.07) is 2.86. The van der Waals surface area contributed by atoms with E-state index in [0.29, 0.717) is 11.4 Å². The lowest BCUT2D eigenvalue weighted by Crippen LogP contribution is -2.20. The maximum Gasteiger partial charge on any atom is 0.417 e. The Morgan fingerprint density at radius 2 is 1.95 bits per heavy atom. The van der Waals surface area contributed by atoms with Gasteiger partial charge in [-0.15, -0.1) is 0 Å². The van der Waals surface area contributed by atoms with Crippen molar-refractivity contribution < 1.29 is 28.2 Å². The number of aldehydes is 1. The molecule has 106 valence electrons. The van der Waals surface area contributed by atoms with Gasteiger partial charge >= 0.3 is 6.18 Å². The number of carbonyl (C=O) groups excluding carboxylic acids is 1. The minimum atomic E-state index is -4.69. The standard InChI is InChI=1S/C12H12BrF3O3/c13-4-3-10(18)11(19)7-1-2-8(6-17)9(5-7)12(14,15)16/h1-2,5-6,10-11,18-19H,3-4H2. The number of benzene rings is 1. The summed E-state index contributed by atoms with van der Waals surface area (Å²) in [6.07, 6.45) is -7.00. The summed E-state index contributed by atoms with van der Waals surface area (Å²) < 4.78 is 38.2. The molecule has 0 amide bonds. The molecule has 19 heavy (non-hydrogen) atoms. The molecular weight excluding hydrogens is 329 g/mol. The molecule has 0 saturated carbocycles. The monoisotopic (exact) mass is 340 g/mol. The molecule has 0 aliphatic heterocycles. The predicted octanol–water partition coefficient (Wildman–Crippen LogP) is 2.70. The first-order chi connectivity index (χ1) is 8.81. The summed E-state index contributed by atoms with van der Waals surface area (Å²) >= 11 is 3.06. The Kier molecular flexibility index (Phi) is 5.51. The molecule has 0 fully saturated rings.